The Hall–Kier alpha value is -2.16. The molecule has 2 aromatic rings. The summed E-state index contributed by atoms with van der Waals surface area (Å²) in [5.41, 5.74) is 3.31. The number of nitro benzene ring substituents is 1. The van der Waals surface area contributed by atoms with E-state index in [1.807, 2.05) is 25.1 Å². The molecular formula is C19H25IN4O2. The zero-order valence-corrected chi connectivity index (χ0v) is 17.6. The van der Waals surface area contributed by atoms with Crippen LogP contribution in [-0.4, -0.2) is 17.4 Å². The van der Waals surface area contributed by atoms with Gasteiger partial charge < -0.3 is 10.6 Å². The molecule has 0 saturated carbocycles. The van der Waals surface area contributed by atoms with E-state index >= 15 is 0 Å². The topological polar surface area (TPSA) is 79.6 Å². The highest BCUT2D eigenvalue weighted by atomic mass is 127. The van der Waals surface area contributed by atoms with Crippen LogP contribution in [0, 0.1) is 17.0 Å². The van der Waals surface area contributed by atoms with E-state index in [2.05, 4.69) is 41.6 Å². The third-order valence-electron chi connectivity index (χ3n) is 3.89. The van der Waals surface area contributed by atoms with Crippen LogP contribution in [0.15, 0.2) is 53.5 Å². The second-order valence-electron chi connectivity index (χ2n) is 5.84. The Balaban J connectivity index is 0.00000338. The minimum atomic E-state index is -0.392. The van der Waals surface area contributed by atoms with E-state index in [4.69, 9.17) is 0 Å². The minimum Gasteiger partial charge on any atom is -0.357 e. The molecule has 7 heteroatoms. The van der Waals surface area contributed by atoms with Crippen molar-refractivity contribution in [2.75, 3.05) is 6.54 Å². The van der Waals surface area contributed by atoms with Gasteiger partial charge in [-0.3, -0.25) is 10.1 Å². The van der Waals surface area contributed by atoms with Crippen molar-refractivity contribution >= 4 is 35.6 Å². The van der Waals surface area contributed by atoms with E-state index in [0.29, 0.717) is 12.5 Å². The van der Waals surface area contributed by atoms with Crippen molar-refractivity contribution in [3.05, 3.63) is 75.3 Å². The first-order valence-corrected chi connectivity index (χ1v) is 8.35. The number of halogens is 1. The number of benzene rings is 2. The number of nitrogens with one attached hydrogen (secondary N) is 2. The number of rotatable bonds is 6. The molecular weight excluding hydrogens is 443 g/mol. The highest BCUT2D eigenvalue weighted by Gasteiger charge is 2.10. The van der Waals surface area contributed by atoms with Crippen molar-refractivity contribution in [1.82, 2.24) is 10.6 Å². The van der Waals surface area contributed by atoms with E-state index in [1.165, 1.54) is 17.2 Å². The normalized spacial score (nSPS) is 12.0. The Morgan fingerprint density at radius 2 is 1.96 bits per heavy atom. The molecule has 0 aromatic heterocycles. The molecule has 0 spiro atoms. The molecule has 2 aromatic carbocycles. The standard InChI is InChI=1S/C19H24N4O2.HI/c1-4-20-19(22-15(3)18-11-6-5-8-14(18)2)21-13-16-9-7-10-17(12-16)23(24)25;/h5-12,15H,4,13H2,1-3H3,(H2,20,21,22);1H. The van der Waals surface area contributed by atoms with Crippen molar-refractivity contribution in [2.45, 2.75) is 33.4 Å². The number of guanidine groups is 1. The largest absolute Gasteiger partial charge is 0.357 e. The highest BCUT2D eigenvalue weighted by Crippen LogP contribution is 2.17. The van der Waals surface area contributed by atoms with Crippen LogP contribution < -0.4 is 10.6 Å². The molecule has 2 rings (SSSR count). The molecule has 1 atom stereocenters. The van der Waals surface area contributed by atoms with E-state index in [1.54, 1.807) is 12.1 Å². The van der Waals surface area contributed by atoms with Crippen molar-refractivity contribution in [3.63, 3.8) is 0 Å². The summed E-state index contributed by atoms with van der Waals surface area (Å²) in [5.74, 6) is 0.685. The van der Waals surface area contributed by atoms with Crippen LogP contribution in [0.4, 0.5) is 5.69 Å². The van der Waals surface area contributed by atoms with Crippen molar-refractivity contribution in [2.24, 2.45) is 4.99 Å². The Labute approximate surface area is 171 Å². The molecule has 0 aliphatic rings. The number of nitro groups is 1. The van der Waals surface area contributed by atoms with Crippen LogP contribution in [0.2, 0.25) is 0 Å². The van der Waals surface area contributed by atoms with Crippen molar-refractivity contribution in [1.29, 1.82) is 0 Å². The number of hydrogen-bond donors (Lipinski definition) is 2. The Morgan fingerprint density at radius 1 is 1.23 bits per heavy atom. The van der Waals surface area contributed by atoms with Crippen LogP contribution in [0.25, 0.3) is 0 Å². The van der Waals surface area contributed by atoms with Gasteiger partial charge in [0.2, 0.25) is 0 Å². The van der Waals surface area contributed by atoms with Crippen LogP contribution in [0.1, 0.15) is 36.6 Å². The maximum atomic E-state index is 10.9. The molecule has 140 valence electrons. The molecule has 0 saturated heterocycles. The molecule has 0 bridgehead atoms. The molecule has 0 aliphatic heterocycles. The molecule has 2 N–H and O–H groups in total. The summed E-state index contributed by atoms with van der Waals surface area (Å²) < 4.78 is 0. The molecule has 0 aliphatic carbocycles. The second-order valence-corrected chi connectivity index (χ2v) is 5.84. The summed E-state index contributed by atoms with van der Waals surface area (Å²) in [6, 6.07) is 14.9. The first-order chi connectivity index (χ1) is 12.0. The van der Waals surface area contributed by atoms with Crippen LogP contribution >= 0.6 is 24.0 Å². The van der Waals surface area contributed by atoms with Gasteiger partial charge in [-0.05, 0) is 37.5 Å². The van der Waals surface area contributed by atoms with Gasteiger partial charge in [0.25, 0.3) is 5.69 Å². The zero-order valence-electron chi connectivity index (χ0n) is 15.2. The van der Waals surface area contributed by atoms with Gasteiger partial charge in [-0.1, -0.05) is 36.4 Å². The van der Waals surface area contributed by atoms with Gasteiger partial charge in [0.15, 0.2) is 5.96 Å². The molecule has 0 amide bonds. The fourth-order valence-electron chi connectivity index (χ4n) is 2.61. The Morgan fingerprint density at radius 3 is 2.62 bits per heavy atom. The zero-order chi connectivity index (χ0) is 18.2. The molecule has 0 fully saturated rings. The van der Waals surface area contributed by atoms with Crippen LogP contribution in [-0.2, 0) is 6.54 Å². The monoisotopic (exact) mass is 468 g/mol. The van der Waals surface area contributed by atoms with Crippen molar-refractivity contribution < 1.29 is 4.92 Å². The first kappa shape index (κ1) is 21.9. The lowest BCUT2D eigenvalue weighted by Crippen LogP contribution is -2.38. The summed E-state index contributed by atoms with van der Waals surface area (Å²) in [4.78, 5) is 15.0. The van der Waals surface area contributed by atoms with Gasteiger partial charge in [-0.25, -0.2) is 4.99 Å². The third-order valence-corrected chi connectivity index (χ3v) is 3.89. The average molecular weight is 468 g/mol. The molecule has 6 nitrogen and oxygen atoms in total. The maximum Gasteiger partial charge on any atom is 0.269 e. The summed E-state index contributed by atoms with van der Waals surface area (Å²) in [6.45, 7) is 7.28. The number of nitrogens with zero attached hydrogens (tertiary/aromatic N) is 2. The number of non-ortho nitro benzene ring substituents is 1. The summed E-state index contributed by atoms with van der Waals surface area (Å²) in [7, 11) is 0. The van der Waals surface area contributed by atoms with E-state index in [0.717, 1.165) is 12.1 Å². The van der Waals surface area contributed by atoms with Gasteiger partial charge in [0.05, 0.1) is 17.5 Å². The summed E-state index contributed by atoms with van der Waals surface area (Å²) >= 11 is 0. The fraction of sp³-hybridized carbons (Fsp3) is 0.316. The lowest BCUT2D eigenvalue weighted by molar-refractivity contribution is -0.384. The maximum absolute atomic E-state index is 10.9. The quantitative estimate of drug-likeness (QED) is 0.217. The molecule has 0 radical (unpaired) electrons. The lowest BCUT2D eigenvalue weighted by atomic mass is 10.0. The van der Waals surface area contributed by atoms with E-state index < -0.39 is 4.92 Å². The number of hydrogen-bond acceptors (Lipinski definition) is 3. The fourth-order valence-corrected chi connectivity index (χ4v) is 2.61. The SMILES string of the molecule is CCNC(=NCc1cccc([N+](=O)[O-])c1)NC(C)c1ccccc1C.I. The third kappa shape index (κ3) is 6.29. The van der Waals surface area contributed by atoms with Gasteiger partial charge in [0.1, 0.15) is 0 Å². The Kier molecular flexibility index (Phi) is 9.04. The molecule has 26 heavy (non-hydrogen) atoms. The van der Waals surface area contributed by atoms with Crippen LogP contribution in [0.5, 0.6) is 0 Å². The smallest absolute Gasteiger partial charge is 0.269 e. The molecule has 1 unspecified atom stereocenters. The highest BCUT2D eigenvalue weighted by molar-refractivity contribution is 14.0. The average Bonchev–Trinajstić information content (AvgIpc) is 2.60. The van der Waals surface area contributed by atoms with Crippen molar-refractivity contribution in [3.8, 4) is 0 Å². The lowest BCUT2D eigenvalue weighted by Gasteiger charge is -2.19. The van der Waals surface area contributed by atoms with Gasteiger partial charge >= 0.3 is 0 Å². The first-order valence-electron chi connectivity index (χ1n) is 8.35. The number of aliphatic imine (C=N–C) groups is 1. The summed E-state index contributed by atoms with van der Waals surface area (Å²) in [6.07, 6.45) is 0. The van der Waals surface area contributed by atoms with Gasteiger partial charge in [0, 0.05) is 18.7 Å². The van der Waals surface area contributed by atoms with Gasteiger partial charge in [-0.2, -0.15) is 0 Å². The molecule has 0 heterocycles. The van der Waals surface area contributed by atoms with Crippen LogP contribution in [0.3, 0.4) is 0 Å². The van der Waals surface area contributed by atoms with E-state index in [9.17, 15) is 10.1 Å². The predicted molar refractivity (Wildman–Crippen MR) is 116 cm³/mol. The minimum absolute atomic E-state index is 0. The second kappa shape index (κ2) is 10.7. The summed E-state index contributed by atoms with van der Waals surface area (Å²) in [5, 5.41) is 17.5. The number of aryl methyl sites for hydroxylation is 1. The van der Waals surface area contributed by atoms with Gasteiger partial charge in [-0.15, -0.1) is 24.0 Å². The van der Waals surface area contributed by atoms with E-state index in [-0.39, 0.29) is 35.7 Å². The Bertz CT molecular complexity index is 765. The predicted octanol–water partition coefficient (Wildman–Crippen LogP) is 4.34.